The van der Waals surface area contributed by atoms with Crippen molar-refractivity contribution in [3.05, 3.63) is 47.8 Å². The van der Waals surface area contributed by atoms with Gasteiger partial charge in [-0.3, -0.25) is 4.79 Å². The van der Waals surface area contributed by atoms with E-state index >= 15 is 0 Å². The molecule has 1 fully saturated rings. The smallest absolute Gasteiger partial charge is 0.404 e. The first-order valence-electron chi connectivity index (χ1n) is 9.27. The maximum absolute atomic E-state index is 13.0. The molecule has 0 unspecified atom stereocenters. The van der Waals surface area contributed by atoms with Crippen molar-refractivity contribution in [3.8, 4) is 5.75 Å². The Kier molecular flexibility index (Phi) is 4.68. The molecule has 6 nitrogen and oxygen atoms in total. The summed E-state index contributed by atoms with van der Waals surface area (Å²) in [7, 11) is 0. The Morgan fingerprint density at radius 3 is 2.66 bits per heavy atom. The normalized spacial score (nSPS) is 14.4. The largest absolute Gasteiger partial charge is 0.573 e. The Labute approximate surface area is 164 Å². The molecule has 0 spiro atoms. The number of alkyl halides is 3. The van der Waals surface area contributed by atoms with E-state index in [-0.39, 0.29) is 11.7 Å². The number of pyridine rings is 1. The van der Waals surface area contributed by atoms with Crippen LogP contribution in [-0.2, 0) is 0 Å². The first-order chi connectivity index (χ1) is 13.7. The van der Waals surface area contributed by atoms with E-state index in [1.165, 1.54) is 18.2 Å². The second-order valence-electron chi connectivity index (χ2n) is 7.29. The van der Waals surface area contributed by atoms with E-state index in [1.54, 1.807) is 16.9 Å². The highest BCUT2D eigenvalue weighted by Gasteiger charge is 2.32. The Balaban J connectivity index is 1.73. The highest BCUT2D eigenvalue weighted by atomic mass is 19.4. The van der Waals surface area contributed by atoms with Crippen LogP contribution < -0.4 is 10.1 Å². The van der Waals surface area contributed by atoms with Crippen molar-refractivity contribution in [3.63, 3.8) is 0 Å². The molecule has 1 amide bonds. The van der Waals surface area contributed by atoms with E-state index in [0.717, 1.165) is 24.6 Å². The molecule has 0 atom stereocenters. The van der Waals surface area contributed by atoms with Crippen molar-refractivity contribution in [2.24, 2.45) is 0 Å². The van der Waals surface area contributed by atoms with Crippen LogP contribution in [0.1, 0.15) is 54.7 Å². The van der Waals surface area contributed by atoms with E-state index in [9.17, 15) is 18.0 Å². The number of para-hydroxylation sites is 2. The molecule has 4 rings (SSSR count). The summed E-state index contributed by atoms with van der Waals surface area (Å²) >= 11 is 0. The van der Waals surface area contributed by atoms with Gasteiger partial charge in [0.25, 0.3) is 5.91 Å². The lowest BCUT2D eigenvalue weighted by Crippen LogP contribution is -2.20. The third-order valence-electron chi connectivity index (χ3n) is 4.68. The van der Waals surface area contributed by atoms with Gasteiger partial charge >= 0.3 is 6.36 Å². The van der Waals surface area contributed by atoms with Gasteiger partial charge in [-0.25, -0.2) is 9.67 Å². The molecular weight excluding hydrogens is 385 g/mol. The van der Waals surface area contributed by atoms with Gasteiger partial charge in [-0.1, -0.05) is 12.1 Å². The third-order valence-corrected chi connectivity index (χ3v) is 4.68. The van der Waals surface area contributed by atoms with Gasteiger partial charge in [-0.2, -0.15) is 5.10 Å². The lowest BCUT2D eigenvalue weighted by molar-refractivity contribution is -0.274. The minimum Gasteiger partial charge on any atom is -0.404 e. The zero-order valence-corrected chi connectivity index (χ0v) is 15.8. The minimum atomic E-state index is -4.86. The Morgan fingerprint density at radius 2 is 2.00 bits per heavy atom. The van der Waals surface area contributed by atoms with Gasteiger partial charge in [0.15, 0.2) is 11.4 Å². The highest BCUT2D eigenvalue weighted by molar-refractivity contribution is 6.12. The molecule has 1 aliphatic carbocycles. The van der Waals surface area contributed by atoms with E-state index < -0.39 is 18.0 Å². The summed E-state index contributed by atoms with van der Waals surface area (Å²) in [5, 5.41) is 7.42. The number of carbonyl (C=O) groups excluding carboxylic acids is 1. The number of halogens is 3. The van der Waals surface area contributed by atoms with Gasteiger partial charge in [0.2, 0.25) is 0 Å². The summed E-state index contributed by atoms with van der Waals surface area (Å²) < 4.78 is 43.7. The molecule has 1 aliphatic rings. The van der Waals surface area contributed by atoms with Crippen molar-refractivity contribution >= 4 is 22.6 Å². The molecular formula is C20H19F3N4O2. The molecule has 1 N–H and O–H groups in total. The Hall–Kier alpha value is -3.10. The average Bonchev–Trinajstić information content (AvgIpc) is 3.40. The monoisotopic (exact) mass is 404 g/mol. The number of rotatable bonds is 5. The second-order valence-corrected chi connectivity index (χ2v) is 7.29. The standard InChI is InChI=1S/C20H19F3N4O2/c1-11(2)27-18-14(10-24-27)13(9-16(25-18)12-7-8-12)19(28)26-15-5-3-4-6-17(15)29-20(21,22)23/h3-6,9-12H,7-8H2,1-2H3,(H,26,28). The van der Waals surface area contributed by atoms with Crippen molar-refractivity contribution in [2.45, 2.75) is 45.0 Å². The first-order valence-corrected chi connectivity index (χ1v) is 9.27. The fraction of sp³-hybridized carbons (Fsp3) is 0.350. The summed E-state index contributed by atoms with van der Waals surface area (Å²) in [5.41, 5.74) is 1.65. The topological polar surface area (TPSA) is 69.0 Å². The molecule has 1 saturated carbocycles. The summed E-state index contributed by atoms with van der Waals surface area (Å²) in [6.07, 6.45) is -1.30. The molecule has 0 saturated heterocycles. The van der Waals surface area contributed by atoms with E-state index in [0.29, 0.717) is 22.5 Å². The zero-order valence-electron chi connectivity index (χ0n) is 15.8. The Bertz CT molecular complexity index is 1070. The molecule has 0 aliphatic heterocycles. The van der Waals surface area contributed by atoms with Gasteiger partial charge in [0.05, 0.1) is 22.8 Å². The van der Waals surface area contributed by atoms with Crippen LogP contribution in [0.4, 0.5) is 18.9 Å². The SMILES string of the molecule is CC(C)n1ncc2c(C(=O)Nc3ccccc3OC(F)(F)F)cc(C3CC3)nc21. The first kappa shape index (κ1) is 19.2. The summed E-state index contributed by atoms with van der Waals surface area (Å²) in [6.45, 7) is 3.92. The van der Waals surface area contributed by atoms with Crippen LogP contribution in [0.25, 0.3) is 11.0 Å². The van der Waals surface area contributed by atoms with Gasteiger partial charge in [0, 0.05) is 17.7 Å². The predicted octanol–water partition coefficient (Wildman–Crippen LogP) is 5.04. The summed E-state index contributed by atoms with van der Waals surface area (Å²) in [6, 6.07) is 7.18. The number of carbonyl (C=O) groups is 1. The van der Waals surface area contributed by atoms with Crippen LogP contribution in [0.5, 0.6) is 5.75 Å². The van der Waals surface area contributed by atoms with E-state index in [2.05, 4.69) is 20.1 Å². The zero-order chi connectivity index (χ0) is 20.8. The summed E-state index contributed by atoms with van der Waals surface area (Å²) in [4.78, 5) is 17.7. The highest BCUT2D eigenvalue weighted by Crippen LogP contribution is 2.40. The number of ether oxygens (including phenoxy) is 1. The molecule has 9 heteroatoms. The number of hydrogen-bond acceptors (Lipinski definition) is 4. The maximum atomic E-state index is 13.0. The van der Waals surface area contributed by atoms with Gasteiger partial charge in [-0.05, 0) is 44.9 Å². The maximum Gasteiger partial charge on any atom is 0.573 e. The predicted molar refractivity (Wildman–Crippen MR) is 101 cm³/mol. The fourth-order valence-electron chi connectivity index (χ4n) is 3.16. The molecule has 1 aromatic carbocycles. The lowest BCUT2D eigenvalue weighted by Gasteiger charge is -2.14. The van der Waals surface area contributed by atoms with Crippen molar-refractivity contribution in [1.82, 2.24) is 14.8 Å². The van der Waals surface area contributed by atoms with Crippen LogP contribution in [-0.4, -0.2) is 27.0 Å². The van der Waals surface area contributed by atoms with Gasteiger partial charge < -0.3 is 10.1 Å². The van der Waals surface area contributed by atoms with Gasteiger partial charge in [-0.15, -0.1) is 13.2 Å². The van der Waals surface area contributed by atoms with Crippen molar-refractivity contribution in [1.29, 1.82) is 0 Å². The fourth-order valence-corrected chi connectivity index (χ4v) is 3.16. The minimum absolute atomic E-state index is 0.0475. The number of nitrogens with one attached hydrogen (secondary N) is 1. The number of hydrogen-bond donors (Lipinski definition) is 1. The quantitative estimate of drug-likeness (QED) is 0.647. The van der Waals surface area contributed by atoms with E-state index in [4.69, 9.17) is 0 Å². The third kappa shape index (κ3) is 4.03. The van der Waals surface area contributed by atoms with E-state index in [1.807, 2.05) is 13.8 Å². The molecule has 2 aromatic heterocycles. The van der Waals surface area contributed by atoms with Crippen LogP contribution in [0.15, 0.2) is 36.5 Å². The number of amides is 1. The van der Waals surface area contributed by atoms with Crippen LogP contribution in [0.2, 0.25) is 0 Å². The van der Waals surface area contributed by atoms with Crippen molar-refractivity contribution < 1.29 is 22.7 Å². The number of aromatic nitrogens is 3. The molecule has 29 heavy (non-hydrogen) atoms. The number of nitrogens with zero attached hydrogens (tertiary/aromatic N) is 3. The number of anilines is 1. The molecule has 3 aromatic rings. The molecule has 0 bridgehead atoms. The van der Waals surface area contributed by atoms with Crippen LogP contribution >= 0.6 is 0 Å². The van der Waals surface area contributed by atoms with Crippen LogP contribution in [0.3, 0.4) is 0 Å². The average molecular weight is 404 g/mol. The number of benzene rings is 1. The lowest BCUT2D eigenvalue weighted by atomic mass is 10.1. The number of fused-ring (bicyclic) bond motifs is 1. The molecule has 0 radical (unpaired) electrons. The Morgan fingerprint density at radius 1 is 1.28 bits per heavy atom. The van der Waals surface area contributed by atoms with Crippen LogP contribution in [0, 0.1) is 0 Å². The summed E-state index contributed by atoms with van der Waals surface area (Å²) in [5.74, 6) is -0.720. The second kappa shape index (κ2) is 7.06. The molecule has 2 heterocycles. The molecule has 152 valence electrons. The van der Waals surface area contributed by atoms with Gasteiger partial charge in [0.1, 0.15) is 0 Å². The van der Waals surface area contributed by atoms with Crippen molar-refractivity contribution in [2.75, 3.05) is 5.32 Å².